The summed E-state index contributed by atoms with van der Waals surface area (Å²) < 4.78 is 12.1. The highest BCUT2D eigenvalue weighted by atomic mass is 32.2. The number of H-pyrrole nitrogens is 1. The van der Waals surface area contributed by atoms with E-state index in [0.717, 1.165) is 28.9 Å². The summed E-state index contributed by atoms with van der Waals surface area (Å²) in [5, 5.41) is 10.6. The van der Waals surface area contributed by atoms with Gasteiger partial charge in [-0.1, -0.05) is 60.7 Å². The summed E-state index contributed by atoms with van der Waals surface area (Å²) >= 11 is 0. The van der Waals surface area contributed by atoms with E-state index in [0.29, 0.717) is 18.1 Å². The lowest BCUT2D eigenvalue weighted by molar-refractivity contribution is 0.673. The first-order valence-electron chi connectivity index (χ1n) is 8.00. The largest absolute Gasteiger partial charge is 0.312 e. The molecular weight excluding hydrogens is 318 g/mol. The lowest BCUT2D eigenvalue weighted by Crippen LogP contribution is -2.20. The summed E-state index contributed by atoms with van der Waals surface area (Å²) in [6, 6.07) is 20.1. The summed E-state index contributed by atoms with van der Waals surface area (Å²) in [6.07, 6.45) is 1.84. The summed E-state index contributed by atoms with van der Waals surface area (Å²) in [7, 11) is -0.847. The smallest absolute Gasteiger partial charge is 0.0695 e. The van der Waals surface area contributed by atoms with Gasteiger partial charge in [0.1, 0.15) is 0 Å². The van der Waals surface area contributed by atoms with Gasteiger partial charge in [0, 0.05) is 41.0 Å². The maximum absolute atomic E-state index is 12.1. The minimum atomic E-state index is -0.847. The Balaban J connectivity index is 1.46. The number of nitrogens with one attached hydrogen (secondary N) is 2. The van der Waals surface area contributed by atoms with E-state index in [1.807, 2.05) is 54.7 Å². The van der Waals surface area contributed by atoms with Gasteiger partial charge in [0.25, 0.3) is 0 Å². The van der Waals surface area contributed by atoms with Crippen molar-refractivity contribution in [2.24, 2.45) is 0 Å². The molecule has 5 heteroatoms. The van der Waals surface area contributed by atoms with Gasteiger partial charge in [-0.3, -0.25) is 9.31 Å². The van der Waals surface area contributed by atoms with Gasteiger partial charge >= 0.3 is 0 Å². The zero-order chi connectivity index (χ0) is 16.6. The predicted octanol–water partition coefficient (Wildman–Crippen LogP) is 3.12. The second kappa shape index (κ2) is 8.57. The minimum Gasteiger partial charge on any atom is -0.312 e. The van der Waals surface area contributed by atoms with E-state index in [2.05, 4.69) is 27.6 Å². The molecule has 1 heterocycles. The second-order valence-electron chi connectivity index (χ2n) is 5.59. The van der Waals surface area contributed by atoms with Crippen LogP contribution in [0.2, 0.25) is 0 Å². The molecule has 0 aliphatic heterocycles. The molecule has 1 aromatic heterocycles. The van der Waals surface area contributed by atoms with Crippen LogP contribution in [-0.4, -0.2) is 26.7 Å². The lowest BCUT2D eigenvalue weighted by Gasteiger charge is -2.06. The van der Waals surface area contributed by atoms with Crippen molar-refractivity contribution in [1.82, 2.24) is 15.5 Å². The van der Waals surface area contributed by atoms with Crippen LogP contribution in [0.3, 0.4) is 0 Å². The molecular formula is C19H21N3OS. The van der Waals surface area contributed by atoms with E-state index in [4.69, 9.17) is 0 Å². The quantitative estimate of drug-likeness (QED) is 0.620. The first-order valence-corrected chi connectivity index (χ1v) is 9.49. The van der Waals surface area contributed by atoms with Crippen molar-refractivity contribution in [2.75, 3.05) is 12.3 Å². The molecule has 1 unspecified atom stereocenters. The van der Waals surface area contributed by atoms with Gasteiger partial charge in [-0.05, 0) is 11.1 Å². The highest BCUT2D eigenvalue weighted by Gasteiger charge is 2.07. The fourth-order valence-corrected chi connectivity index (χ4v) is 3.62. The first-order chi connectivity index (χ1) is 11.8. The van der Waals surface area contributed by atoms with Crippen molar-refractivity contribution in [2.45, 2.75) is 12.3 Å². The van der Waals surface area contributed by atoms with E-state index in [1.165, 1.54) is 0 Å². The third-order valence-electron chi connectivity index (χ3n) is 3.77. The van der Waals surface area contributed by atoms with Gasteiger partial charge in [0.2, 0.25) is 0 Å². The number of nitrogens with zero attached hydrogens (tertiary/aromatic N) is 1. The molecule has 0 amide bonds. The number of hydrogen-bond acceptors (Lipinski definition) is 3. The molecule has 24 heavy (non-hydrogen) atoms. The molecule has 4 nitrogen and oxygen atoms in total. The lowest BCUT2D eigenvalue weighted by atomic mass is 10.1. The minimum absolute atomic E-state index is 0.615. The number of hydrogen-bond donors (Lipinski definition) is 2. The molecule has 0 aliphatic carbocycles. The molecule has 3 rings (SSSR count). The number of rotatable bonds is 8. The summed E-state index contributed by atoms with van der Waals surface area (Å²) in [4.78, 5) is 0. The Labute approximate surface area is 144 Å². The van der Waals surface area contributed by atoms with Gasteiger partial charge in [-0.25, -0.2) is 0 Å². The Hall–Kier alpha value is -2.24. The fourth-order valence-electron chi connectivity index (χ4n) is 2.54. The maximum atomic E-state index is 12.1. The van der Waals surface area contributed by atoms with Crippen LogP contribution in [0.4, 0.5) is 0 Å². The fraction of sp³-hybridized carbons (Fsp3) is 0.211. The molecule has 0 saturated carbocycles. The Bertz CT molecular complexity index is 772. The average molecular weight is 339 g/mol. The average Bonchev–Trinajstić information content (AvgIpc) is 3.09. The molecule has 0 spiro atoms. The van der Waals surface area contributed by atoms with E-state index in [-0.39, 0.29) is 0 Å². The Morgan fingerprint density at radius 2 is 1.71 bits per heavy atom. The zero-order valence-corrected chi connectivity index (χ0v) is 14.3. The number of benzene rings is 2. The Kier molecular flexibility index (Phi) is 5.93. The molecule has 124 valence electrons. The molecule has 0 fully saturated rings. The van der Waals surface area contributed by atoms with Crippen molar-refractivity contribution < 1.29 is 4.21 Å². The van der Waals surface area contributed by atoms with Crippen molar-refractivity contribution in [1.29, 1.82) is 0 Å². The monoisotopic (exact) mass is 339 g/mol. The molecule has 0 bridgehead atoms. The SMILES string of the molecule is O=S(CCNCc1cn[nH]c1-c1ccccc1)Cc1ccccc1. The van der Waals surface area contributed by atoms with Gasteiger partial charge in [0.15, 0.2) is 0 Å². The van der Waals surface area contributed by atoms with Crippen molar-refractivity contribution in [3.05, 3.63) is 78.0 Å². The number of aromatic nitrogens is 2. The van der Waals surface area contributed by atoms with Crippen LogP contribution in [-0.2, 0) is 23.1 Å². The van der Waals surface area contributed by atoms with Gasteiger partial charge in [0.05, 0.1) is 11.9 Å². The van der Waals surface area contributed by atoms with Crippen LogP contribution in [0.25, 0.3) is 11.3 Å². The van der Waals surface area contributed by atoms with Crippen molar-refractivity contribution in [3.63, 3.8) is 0 Å². The van der Waals surface area contributed by atoms with Crippen LogP contribution in [0.1, 0.15) is 11.1 Å². The topological polar surface area (TPSA) is 57.8 Å². The van der Waals surface area contributed by atoms with Crippen molar-refractivity contribution >= 4 is 10.8 Å². The normalized spacial score (nSPS) is 12.2. The van der Waals surface area contributed by atoms with E-state index in [9.17, 15) is 4.21 Å². The molecule has 0 radical (unpaired) electrons. The highest BCUT2D eigenvalue weighted by Crippen LogP contribution is 2.20. The molecule has 0 aliphatic rings. The Morgan fingerprint density at radius 1 is 1.00 bits per heavy atom. The number of aromatic amines is 1. The van der Waals surface area contributed by atoms with Gasteiger partial charge in [-0.15, -0.1) is 0 Å². The van der Waals surface area contributed by atoms with E-state index < -0.39 is 10.8 Å². The predicted molar refractivity (Wildman–Crippen MR) is 98.9 cm³/mol. The molecule has 2 N–H and O–H groups in total. The van der Waals surface area contributed by atoms with Crippen LogP contribution in [0, 0.1) is 0 Å². The van der Waals surface area contributed by atoms with E-state index >= 15 is 0 Å². The summed E-state index contributed by atoms with van der Waals surface area (Å²) in [5.74, 6) is 1.26. The van der Waals surface area contributed by atoms with Crippen LogP contribution in [0.5, 0.6) is 0 Å². The van der Waals surface area contributed by atoms with Gasteiger partial charge in [-0.2, -0.15) is 5.10 Å². The summed E-state index contributed by atoms with van der Waals surface area (Å²) in [5.41, 5.74) is 4.40. The first kappa shape index (κ1) is 16.6. The van der Waals surface area contributed by atoms with Crippen LogP contribution >= 0.6 is 0 Å². The molecule has 2 aromatic carbocycles. The highest BCUT2D eigenvalue weighted by molar-refractivity contribution is 7.84. The third kappa shape index (κ3) is 4.63. The molecule has 3 aromatic rings. The molecule has 0 saturated heterocycles. The van der Waals surface area contributed by atoms with Crippen LogP contribution in [0.15, 0.2) is 66.9 Å². The van der Waals surface area contributed by atoms with Crippen molar-refractivity contribution in [3.8, 4) is 11.3 Å². The zero-order valence-electron chi connectivity index (χ0n) is 13.4. The third-order valence-corrected chi connectivity index (χ3v) is 5.09. The molecule has 1 atom stereocenters. The summed E-state index contributed by atoms with van der Waals surface area (Å²) in [6.45, 7) is 1.43. The second-order valence-corrected chi connectivity index (χ2v) is 7.16. The maximum Gasteiger partial charge on any atom is 0.0695 e. The van der Waals surface area contributed by atoms with Gasteiger partial charge < -0.3 is 5.32 Å². The standard InChI is InChI=1S/C19H21N3OS/c23-24(15-16-7-3-1-4-8-16)12-11-20-13-18-14-21-22-19(18)17-9-5-2-6-10-17/h1-10,14,20H,11-13,15H2,(H,21,22). The Morgan fingerprint density at radius 3 is 2.46 bits per heavy atom. The van der Waals surface area contributed by atoms with E-state index in [1.54, 1.807) is 0 Å². The van der Waals surface area contributed by atoms with Crippen LogP contribution < -0.4 is 5.32 Å².